The summed E-state index contributed by atoms with van der Waals surface area (Å²) in [4.78, 5) is 17.2. The number of amides is 1. The van der Waals surface area contributed by atoms with Crippen LogP contribution in [0.15, 0.2) is 60.7 Å². The van der Waals surface area contributed by atoms with E-state index in [0.29, 0.717) is 13.0 Å². The molecule has 2 aromatic rings. The van der Waals surface area contributed by atoms with E-state index in [1.807, 2.05) is 41.3 Å². The van der Waals surface area contributed by atoms with E-state index < -0.39 is 6.04 Å². The van der Waals surface area contributed by atoms with Gasteiger partial charge < -0.3 is 10.6 Å². The molecule has 1 atom stereocenters. The number of benzene rings is 2. The molecule has 1 heterocycles. The van der Waals surface area contributed by atoms with Crippen LogP contribution in [0, 0.1) is 0 Å². The van der Waals surface area contributed by atoms with Crippen molar-refractivity contribution in [2.45, 2.75) is 38.4 Å². The number of nitrogens with zero attached hydrogens (tertiary/aromatic N) is 2. The van der Waals surface area contributed by atoms with Gasteiger partial charge >= 0.3 is 0 Å². The van der Waals surface area contributed by atoms with Gasteiger partial charge in [-0.25, -0.2) is 0 Å². The molecule has 4 heteroatoms. The Morgan fingerprint density at radius 3 is 2.15 bits per heavy atom. The number of hydrogen-bond donors (Lipinski definition) is 1. The topological polar surface area (TPSA) is 49.6 Å². The zero-order valence-electron chi connectivity index (χ0n) is 15.8. The highest BCUT2D eigenvalue weighted by Crippen LogP contribution is 2.24. The second kappa shape index (κ2) is 8.02. The Balaban J connectivity index is 1.60. The van der Waals surface area contributed by atoms with Gasteiger partial charge in [-0.2, -0.15) is 0 Å². The van der Waals surface area contributed by atoms with Crippen LogP contribution in [0.4, 0.5) is 0 Å². The molecule has 2 N–H and O–H groups in total. The quantitative estimate of drug-likeness (QED) is 0.901. The van der Waals surface area contributed by atoms with Crippen molar-refractivity contribution < 1.29 is 4.79 Å². The van der Waals surface area contributed by atoms with E-state index in [0.717, 1.165) is 25.2 Å². The third-order valence-electron chi connectivity index (χ3n) is 5.22. The van der Waals surface area contributed by atoms with Crippen molar-refractivity contribution in [1.82, 2.24) is 9.80 Å². The molecule has 1 aliphatic rings. The summed E-state index contributed by atoms with van der Waals surface area (Å²) in [5.74, 6) is 0.0567. The highest BCUT2D eigenvalue weighted by atomic mass is 16.2. The molecule has 0 aliphatic carbocycles. The normalized spacial score (nSPS) is 18.5. The second-order valence-electron chi connectivity index (χ2n) is 7.78. The minimum absolute atomic E-state index is 0.0567. The lowest BCUT2D eigenvalue weighted by molar-refractivity contribution is -0.137. The number of carbonyl (C=O) groups excluding carboxylic acids is 1. The fourth-order valence-corrected chi connectivity index (χ4v) is 3.67. The molecule has 0 aromatic heterocycles. The Morgan fingerprint density at radius 1 is 1.00 bits per heavy atom. The molecular weight excluding hydrogens is 322 g/mol. The van der Waals surface area contributed by atoms with Crippen LogP contribution < -0.4 is 5.73 Å². The molecule has 4 nitrogen and oxygen atoms in total. The molecule has 1 amide bonds. The number of piperazine rings is 1. The van der Waals surface area contributed by atoms with Crippen molar-refractivity contribution in [3.05, 3.63) is 71.8 Å². The van der Waals surface area contributed by atoms with Gasteiger partial charge in [-0.3, -0.25) is 9.69 Å². The number of nitrogens with two attached hydrogens (primary N) is 1. The average molecular weight is 351 g/mol. The van der Waals surface area contributed by atoms with Gasteiger partial charge in [-0.05, 0) is 31.4 Å². The Kier molecular flexibility index (Phi) is 5.74. The number of hydrogen-bond acceptors (Lipinski definition) is 3. The zero-order chi connectivity index (χ0) is 18.6. The molecule has 26 heavy (non-hydrogen) atoms. The van der Waals surface area contributed by atoms with E-state index in [1.54, 1.807) is 0 Å². The van der Waals surface area contributed by atoms with Crippen LogP contribution >= 0.6 is 0 Å². The van der Waals surface area contributed by atoms with E-state index in [-0.39, 0.29) is 11.4 Å². The van der Waals surface area contributed by atoms with E-state index >= 15 is 0 Å². The summed E-state index contributed by atoms with van der Waals surface area (Å²) < 4.78 is 0. The third kappa shape index (κ3) is 4.51. The minimum atomic E-state index is -0.478. The molecule has 2 aromatic carbocycles. The van der Waals surface area contributed by atoms with Gasteiger partial charge in [0.1, 0.15) is 0 Å². The van der Waals surface area contributed by atoms with Crippen molar-refractivity contribution in [3.63, 3.8) is 0 Å². The van der Waals surface area contributed by atoms with Gasteiger partial charge in [0.15, 0.2) is 0 Å². The summed E-state index contributed by atoms with van der Waals surface area (Å²) >= 11 is 0. The molecule has 1 unspecified atom stereocenters. The summed E-state index contributed by atoms with van der Waals surface area (Å²) in [7, 11) is 0. The first kappa shape index (κ1) is 18.6. The van der Waals surface area contributed by atoms with Crippen LogP contribution in [0.3, 0.4) is 0 Å². The van der Waals surface area contributed by atoms with Gasteiger partial charge in [0.25, 0.3) is 0 Å². The molecular formula is C22H29N3O. The average Bonchev–Trinajstić information content (AvgIpc) is 2.64. The highest BCUT2D eigenvalue weighted by Gasteiger charge is 2.36. The van der Waals surface area contributed by atoms with Crippen molar-refractivity contribution in [1.29, 1.82) is 0 Å². The predicted octanol–water partition coefficient (Wildman–Crippen LogP) is 2.68. The largest absolute Gasteiger partial charge is 0.338 e. The lowest BCUT2D eigenvalue weighted by atomic mass is 9.96. The van der Waals surface area contributed by atoms with Crippen molar-refractivity contribution >= 4 is 5.91 Å². The van der Waals surface area contributed by atoms with Crippen molar-refractivity contribution in [2.24, 2.45) is 5.73 Å². The van der Waals surface area contributed by atoms with E-state index in [1.165, 1.54) is 5.56 Å². The molecule has 3 rings (SSSR count). The summed E-state index contributed by atoms with van der Waals surface area (Å²) in [6.45, 7) is 7.63. The minimum Gasteiger partial charge on any atom is -0.338 e. The van der Waals surface area contributed by atoms with Gasteiger partial charge in [0, 0.05) is 31.7 Å². The maximum atomic E-state index is 12.8. The second-order valence-corrected chi connectivity index (χ2v) is 7.78. The van der Waals surface area contributed by atoms with Gasteiger partial charge in [-0.15, -0.1) is 0 Å². The molecule has 0 spiro atoms. The first-order valence-electron chi connectivity index (χ1n) is 9.33. The highest BCUT2D eigenvalue weighted by molar-refractivity contribution is 5.82. The molecule has 0 radical (unpaired) electrons. The van der Waals surface area contributed by atoms with Crippen molar-refractivity contribution in [2.75, 3.05) is 19.6 Å². The van der Waals surface area contributed by atoms with Crippen LogP contribution in [0.5, 0.6) is 0 Å². The summed E-state index contributed by atoms with van der Waals surface area (Å²) in [6.07, 6.45) is 0.588. The molecule has 1 fully saturated rings. The molecule has 138 valence electrons. The zero-order valence-corrected chi connectivity index (χ0v) is 15.8. The molecule has 0 saturated carbocycles. The Labute approximate surface area is 156 Å². The first-order valence-corrected chi connectivity index (χ1v) is 9.33. The number of rotatable bonds is 5. The Bertz CT molecular complexity index is 715. The van der Waals surface area contributed by atoms with Crippen LogP contribution in [0.1, 0.15) is 25.0 Å². The lowest BCUT2D eigenvalue weighted by Gasteiger charge is -2.47. The van der Waals surface area contributed by atoms with Crippen LogP contribution in [0.2, 0.25) is 0 Å². The Morgan fingerprint density at radius 2 is 1.58 bits per heavy atom. The summed E-state index contributed by atoms with van der Waals surface area (Å²) in [6, 6.07) is 20.0. The standard InChI is InChI=1S/C22H29N3O/c1-22(2)17-24(13-14-25(22)16-19-11-7-4-8-12-19)21(26)20(23)15-18-9-5-3-6-10-18/h3-12,20H,13-17,23H2,1-2H3. The Hall–Kier alpha value is -2.17. The number of carbonyl (C=O) groups is 1. The van der Waals surface area contributed by atoms with E-state index in [2.05, 4.69) is 43.0 Å². The lowest BCUT2D eigenvalue weighted by Crippen LogP contribution is -2.62. The monoisotopic (exact) mass is 351 g/mol. The fraction of sp³-hybridized carbons (Fsp3) is 0.409. The molecule has 1 aliphatic heterocycles. The van der Waals surface area contributed by atoms with Crippen LogP contribution in [-0.4, -0.2) is 46.9 Å². The van der Waals surface area contributed by atoms with Crippen molar-refractivity contribution in [3.8, 4) is 0 Å². The first-order chi connectivity index (χ1) is 12.5. The summed E-state index contributed by atoms with van der Waals surface area (Å²) in [5.41, 5.74) is 8.56. The third-order valence-corrected chi connectivity index (χ3v) is 5.22. The maximum absolute atomic E-state index is 12.8. The SMILES string of the molecule is CC1(C)CN(C(=O)C(N)Cc2ccccc2)CCN1Cc1ccccc1. The smallest absolute Gasteiger partial charge is 0.239 e. The predicted molar refractivity (Wildman–Crippen MR) is 106 cm³/mol. The van der Waals surface area contributed by atoms with Crippen LogP contribution in [0.25, 0.3) is 0 Å². The maximum Gasteiger partial charge on any atom is 0.239 e. The fourth-order valence-electron chi connectivity index (χ4n) is 3.67. The molecule has 1 saturated heterocycles. The molecule has 0 bridgehead atoms. The summed E-state index contributed by atoms with van der Waals surface area (Å²) in [5, 5.41) is 0. The van der Waals surface area contributed by atoms with Gasteiger partial charge in [0.05, 0.1) is 6.04 Å². The van der Waals surface area contributed by atoms with Gasteiger partial charge in [-0.1, -0.05) is 60.7 Å². The van der Waals surface area contributed by atoms with Gasteiger partial charge in [0.2, 0.25) is 5.91 Å². The van der Waals surface area contributed by atoms with E-state index in [4.69, 9.17) is 5.73 Å². The van der Waals surface area contributed by atoms with Crippen LogP contribution in [-0.2, 0) is 17.8 Å². The van der Waals surface area contributed by atoms with E-state index in [9.17, 15) is 4.79 Å².